The van der Waals surface area contributed by atoms with E-state index in [-0.39, 0.29) is 0 Å². The van der Waals surface area contributed by atoms with Crippen molar-refractivity contribution in [3.63, 3.8) is 0 Å². The average molecular weight is 294 g/mol. The highest BCUT2D eigenvalue weighted by atomic mass is 15.1. The van der Waals surface area contributed by atoms with Gasteiger partial charge in [-0.15, -0.1) is 0 Å². The minimum absolute atomic E-state index is 0.400. The van der Waals surface area contributed by atoms with Gasteiger partial charge in [-0.05, 0) is 50.5 Å². The zero-order valence-electron chi connectivity index (χ0n) is 13.4. The first-order valence-corrected chi connectivity index (χ1v) is 8.35. The van der Waals surface area contributed by atoms with Gasteiger partial charge in [0, 0.05) is 12.1 Å². The zero-order valence-corrected chi connectivity index (χ0v) is 13.4. The molecule has 0 amide bonds. The number of hydrogen-bond acceptors (Lipinski definition) is 2. The van der Waals surface area contributed by atoms with E-state index in [1.165, 1.54) is 37.1 Å². The fourth-order valence-electron chi connectivity index (χ4n) is 3.27. The summed E-state index contributed by atoms with van der Waals surface area (Å²) < 4.78 is 0. The fourth-order valence-corrected chi connectivity index (χ4v) is 3.27. The number of piperidine rings is 1. The first-order valence-electron chi connectivity index (χ1n) is 8.35. The maximum atomic E-state index is 3.91. The van der Waals surface area contributed by atoms with Crippen molar-refractivity contribution in [1.82, 2.24) is 10.2 Å². The summed E-state index contributed by atoms with van der Waals surface area (Å²) >= 11 is 0. The third kappa shape index (κ3) is 4.19. The van der Waals surface area contributed by atoms with Crippen molar-refractivity contribution in [2.24, 2.45) is 0 Å². The minimum Gasteiger partial charge on any atom is -0.307 e. The lowest BCUT2D eigenvalue weighted by molar-refractivity contribution is 0.224. The smallest absolute Gasteiger partial charge is 0.0363 e. The normalized spacial score (nSPS) is 18.2. The molecule has 2 aromatic carbocycles. The molecule has 2 heteroatoms. The number of benzene rings is 2. The molecule has 1 aliphatic rings. The summed E-state index contributed by atoms with van der Waals surface area (Å²) in [6.07, 6.45) is 3.54. The summed E-state index contributed by atoms with van der Waals surface area (Å²) in [5, 5.41) is 3.91. The molecule has 1 saturated heterocycles. The lowest BCUT2D eigenvalue weighted by Crippen LogP contribution is -2.42. The van der Waals surface area contributed by atoms with Crippen molar-refractivity contribution in [3.8, 4) is 0 Å². The SMILES string of the molecule is CN1CCC(NC(Cc2ccccc2)c2ccccc2)CC1. The molecule has 1 fully saturated rings. The molecule has 0 radical (unpaired) electrons. The van der Waals surface area contributed by atoms with E-state index in [4.69, 9.17) is 0 Å². The Morgan fingerprint density at radius 1 is 0.955 bits per heavy atom. The van der Waals surface area contributed by atoms with E-state index in [1.807, 2.05) is 0 Å². The molecular weight excluding hydrogens is 268 g/mol. The average Bonchev–Trinajstić information content (AvgIpc) is 2.58. The van der Waals surface area contributed by atoms with E-state index in [0.717, 1.165) is 6.42 Å². The second kappa shape index (κ2) is 7.57. The number of hydrogen-bond donors (Lipinski definition) is 1. The lowest BCUT2D eigenvalue weighted by Gasteiger charge is -2.33. The van der Waals surface area contributed by atoms with Crippen molar-refractivity contribution in [2.75, 3.05) is 20.1 Å². The van der Waals surface area contributed by atoms with Gasteiger partial charge in [-0.2, -0.15) is 0 Å². The largest absolute Gasteiger partial charge is 0.307 e. The van der Waals surface area contributed by atoms with Crippen molar-refractivity contribution >= 4 is 0 Å². The Kier molecular flexibility index (Phi) is 5.25. The summed E-state index contributed by atoms with van der Waals surface area (Å²) in [5.41, 5.74) is 2.79. The van der Waals surface area contributed by atoms with Gasteiger partial charge in [0.1, 0.15) is 0 Å². The Labute approximate surface area is 134 Å². The predicted molar refractivity (Wildman–Crippen MR) is 93.0 cm³/mol. The van der Waals surface area contributed by atoms with Crippen LogP contribution in [0, 0.1) is 0 Å². The molecule has 1 N–H and O–H groups in total. The molecule has 1 unspecified atom stereocenters. The fraction of sp³-hybridized carbons (Fsp3) is 0.400. The Morgan fingerprint density at radius 3 is 2.18 bits per heavy atom. The van der Waals surface area contributed by atoms with Crippen LogP contribution in [0.4, 0.5) is 0 Å². The Hall–Kier alpha value is -1.64. The zero-order chi connectivity index (χ0) is 15.2. The number of likely N-dealkylation sites (tertiary alicyclic amines) is 1. The summed E-state index contributed by atoms with van der Waals surface area (Å²) in [5.74, 6) is 0. The van der Waals surface area contributed by atoms with Crippen LogP contribution in [0.3, 0.4) is 0 Å². The van der Waals surface area contributed by atoms with Crippen LogP contribution in [0.5, 0.6) is 0 Å². The highest BCUT2D eigenvalue weighted by Gasteiger charge is 2.21. The summed E-state index contributed by atoms with van der Waals surface area (Å²) in [7, 11) is 2.22. The van der Waals surface area contributed by atoms with Gasteiger partial charge < -0.3 is 10.2 Å². The van der Waals surface area contributed by atoms with E-state index in [1.54, 1.807) is 0 Å². The molecular formula is C20H26N2. The van der Waals surface area contributed by atoms with E-state index in [9.17, 15) is 0 Å². The lowest BCUT2D eigenvalue weighted by atomic mass is 9.96. The molecule has 2 aromatic rings. The Bertz CT molecular complexity index is 544. The van der Waals surface area contributed by atoms with Crippen LogP contribution >= 0.6 is 0 Å². The topological polar surface area (TPSA) is 15.3 Å². The van der Waals surface area contributed by atoms with E-state index < -0.39 is 0 Å². The van der Waals surface area contributed by atoms with Crippen LogP contribution in [0.25, 0.3) is 0 Å². The van der Waals surface area contributed by atoms with Gasteiger partial charge in [0.2, 0.25) is 0 Å². The van der Waals surface area contributed by atoms with Crippen molar-refractivity contribution in [3.05, 3.63) is 71.8 Å². The van der Waals surface area contributed by atoms with Gasteiger partial charge in [0.25, 0.3) is 0 Å². The molecule has 116 valence electrons. The van der Waals surface area contributed by atoms with E-state index in [0.29, 0.717) is 12.1 Å². The van der Waals surface area contributed by atoms with Gasteiger partial charge in [-0.1, -0.05) is 60.7 Å². The first kappa shape index (κ1) is 15.3. The van der Waals surface area contributed by atoms with Crippen LogP contribution in [-0.2, 0) is 6.42 Å². The number of nitrogens with one attached hydrogen (secondary N) is 1. The standard InChI is InChI=1S/C20H26N2/c1-22-14-12-19(13-15-22)21-20(18-10-6-3-7-11-18)16-17-8-4-2-5-9-17/h2-11,19-21H,12-16H2,1H3. The molecule has 22 heavy (non-hydrogen) atoms. The molecule has 0 aliphatic carbocycles. The molecule has 3 rings (SSSR count). The quantitative estimate of drug-likeness (QED) is 0.905. The van der Waals surface area contributed by atoms with Crippen LogP contribution in [0.1, 0.15) is 30.0 Å². The Morgan fingerprint density at radius 2 is 1.55 bits per heavy atom. The van der Waals surface area contributed by atoms with Crippen LogP contribution in [-0.4, -0.2) is 31.1 Å². The molecule has 1 atom stereocenters. The van der Waals surface area contributed by atoms with Crippen molar-refractivity contribution < 1.29 is 0 Å². The van der Waals surface area contributed by atoms with Crippen LogP contribution in [0.2, 0.25) is 0 Å². The predicted octanol–water partition coefficient (Wildman–Crippen LogP) is 3.65. The Balaban J connectivity index is 1.72. The number of nitrogens with zero attached hydrogens (tertiary/aromatic N) is 1. The third-order valence-electron chi connectivity index (χ3n) is 4.64. The molecule has 0 spiro atoms. The monoisotopic (exact) mass is 294 g/mol. The molecule has 1 heterocycles. The highest BCUT2D eigenvalue weighted by Crippen LogP contribution is 2.21. The van der Waals surface area contributed by atoms with Gasteiger partial charge in [-0.25, -0.2) is 0 Å². The highest BCUT2D eigenvalue weighted by molar-refractivity contribution is 5.24. The minimum atomic E-state index is 0.400. The van der Waals surface area contributed by atoms with E-state index >= 15 is 0 Å². The van der Waals surface area contributed by atoms with Gasteiger partial charge >= 0.3 is 0 Å². The second-order valence-corrected chi connectivity index (χ2v) is 6.40. The van der Waals surface area contributed by atoms with Crippen molar-refractivity contribution in [2.45, 2.75) is 31.3 Å². The molecule has 0 aromatic heterocycles. The maximum Gasteiger partial charge on any atom is 0.0363 e. The molecule has 2 nitrogen and oxygen atoms in total. The molecule has 1 aliphatic heterocycles. The number of rotatable bonds is 5. The molecule has 0 saturated carbocycles. The molecule has 0 bridgehead atoms. The van der Waals surface area contributed by atoms with Crippen LogP contribution < -0.4 is 5.32 Å². The van der Waals surface area contributed by atoms with Crippen LogP contribution in [0.15, 0.2) is 60.7 Å². The summed E-state index contributed by atoms with van der Waals surface area (Å²) in [6, 6.07) is 22.7. The van der Waals surface area contributed by atoms with Crippen molar-refractivity contribution in [1.29, 1.82) is 0 Å². The first-order chi connectivity index (χ1) is 10.8. The van der Waals surface area contributed by atoms with Gasteiger partial charge in [-0.3, -0.25) is 0 Å². The summed E-state index contributed by atoms with van der Waals surface area (Å²) in [6.45, 7) is 2.40. The van der Waals surface area contributed by atoms with Gasteiger partial charge in [0.15, 0.2) is 0 Å². The maximum absolute atomic E-state index is 3.91. The third-order valence-corrected chi connectivity index (χ3v) is 4.64. The summed E-state index contributed by atoms with van der Waals surface area (Å²) in [4.78, 5) is 2.42. The van der Waals surface area contributed by atoms with Gasteiger partial charge in [0.05, 0.1) is 0 Å². The second-order valence-electron chi connectivity index (χ2n) is 6.40. The van der Waals surface area contributed by atoms with E-state index in [2.05, 4.69) is 77.9 Å².